The van der Waals surface area contributed by atoms with Crippen LogP contribution in [-0.4, -0.2) is 50.7 Å². The molecule has 0 saturated carbocycles. The Morgan fingerprint density at radius 2 is 2.17 bits per heavy atom. The van der Waals surface area contributed by atoms with Gasteiger partial charge in [-0.1, -0.05) is 20.4 Å². The zero-order valence-electron chi connectivity index (χ0n) is 13.2. The van der Waals surface area contributed by atoms with E-state index in [4.69, 9.17) is 0 Å². The third kappa shape index (κ3) is 4.19. The van der Waals surface area contributed by atoms with E-state index in [2.05, 4.69) is 21.3 Å². The van der Waals surface area contributed by atoms with Gasteiger partial charge in [-0.2, -0.15) is 4.31 Å². The number of rotatable bonds is 7. The van der Waals surface area contributed by atoms with E-state index in [1.165, 1.54) is 10.5 Å². The van der Waals surface area contributed by atoms with Crippen molar-refractivity contribution >= 4 is 20.0 Å². The lowest BCUT2D eigenvalue weighted by atomic mass is 10.1. The van der Waals surface area contributed by atoms with Crippen molar-refractivity contribution in [2.24, 2.45) is 5.92 Å². The van der Waals surface area contributed by atoms with Crippen LogP contribution in [0.15, 0.2) is 23.2 Å². The monoisotopic (exact) mass is 362 g/mol. The van der Waals surface area contributed by atoms with E-state index >= 15 is 0 Å². The van der Waals surface area contributed by atoms with Crippen LogP contribution in [0, 0.1) is 5.92 Å². The summed E-state index contributed by atoms with van der Waals surface area (Å²) in [5.41, 5.74) is 0. The Bertz CT molecular complexity index is 768. The normalized spacial score (nSPS) is 20.2. The van der Waals surface area contributed by atoms with Gasteiger partial charge < -0.3 is 4.98 Å². The molecule has 2 N–H and O–H groups in total. The molecule has 1 aromatic heterocycles. The van der Waals surface area contributed by atoms with Crippen LogP contribution in [0.25, 0.3) is 0 Å². The third-order valence-electron chi connectivity index (χ3n) is 3.78. The fourth-order valence-electron chi connectivity index (χ4n) is 2.36. The van der Waals surface area contributed by atoms with Crippen LogP contribution in [0.1, 0.15) is 32.0 Å². The molecule has 0 bridgehead atoms. The SMILES string of the molecule is C=CS(=O)(=O)NCC1CCN(S(=O)(=O)c2cnc(C(C)C)[nH]2)C1. The number of H-pyrrole nitrogens is 1. The molecule has 1 atom stereocenters. The van der Waals surface area contributed by atoms with Gasteiger partial charge in [-0.3, -0.25) is 0 Å². The number of hydrogen-bond acceptors (Lipinski definition) is 5. The average molecular weight is 362 g/mol. The first-order valence-corrected chi connectivity index (χ1v) is 10.3. The lowest BCUT2D eigenvalue weighted by Crippen LogP contribution is -2.32. The van der Waals surface area contributed by atoms with Crippen LogP contribution in [0.4, 0.5) is 0 Å². The molecule has 10 heteroatoms. The molecule has 2 heterocycles. The van der Waals surface area contributed by atoms with Crippen molar-refractivity contribution in [1.29, 1.82) is 0 Å². The minimum absolute atomic E-state index is 0.0630. The summed E-state index contributed by atoms with van der Waals surface area (Å²) in [6.45, 7) is 7.90. The van der Waals surface area contributed by atoms with Gasteiger partial charge in [0.2, 0.25) is 10.0 Å². The van der Waals surface area contributed by atoms with Crippen LogP contribution in [0.3, 0.4) is 0 Å². The number of imidazole rings is 1. The summed E-state index contributed by atoms with van der Waals surface area (Å²) in [5.74, 6) is 0.670. The Hall–Kier alpha value is -1.23. The first kappa shape index (κ1) is 18.1. The van der Waals surface area contributed by atoms with Crippen molar-refractivity contribution in [3.63, 3.8) is 0 Å². The highest BCUT2D eigenvalue weighted by Crippen LogP contribution is 2.24. The molecule has 0 spiro atoms. The highest BCUT2D eigenvalue weighted by Gasteiger charge is 2.34. The van der Waals surface area contributed by atoms with Crippen LogP contribution in [0.5, 0.6) is 0 Å². The quantitative estimate of drug-likeness (QED) is 0.738. The van der Waals surface area contributed by atoms with E-state index in [9.17, 15) is 16.8 Å². The smallest absolute Gasteiger partial charge is 0.260 e. The van der Waals surface area contributed by atoms with Gasteiger partial charge in [0, 0.05) is 31.0 Å². The Morgan fingerprint density at radius 1 is 1.48 bits per heavy atom. The molecular formula is C13H22N4O4S2. The van der Waals surface area contributed by atoms with Gasteiger partial charge in [-0.15, -0.1) is 0 Å². The summed E-state index contributed by atoms with van der Waals surface area (Å²) in [6, 6.07) is 0. The Balaban J connectivity index is 2.03. The Kier molecular flexibility index (Phi) is 5.29. The molecule has 1 aliphatic rings. The number of aromatic nitrogens is 2. The topological polar surface area (TPSA) is 112 Å². The van der Waals surface area contributed by atoms with Crippen LogP contribution >= 0.6 is 0 Å². The van der Waals surface area contributed by atoms with E-state index in [0.717, 1.165) is 5.41 Å². The number of hydrogen-bond donors (Lipinski definition) is 2. The van der Waals surface area contributed by atoms with Crippen molar-refractivity contribution in [2.75, 3.05) is 19.6 Å². The van der Waals surface area contributed by atoms with Crippen molar-refractivity contribution in [3.05, 3.63) is 24.0 Å². The van der Waals surface area contributed by atoms with Gasteiger partial charge in [0.15, 0.2) is 5.03 Å². The number of sulfonamides is 2. The maximum atomic E-state index is 12.6. The fraction of sp³-hybridized carbons (Fsp3) is 0.615. The first-order valence-electron chi connectivity index (χ1n) is 7.33. The molecule has 0 amide bonds. The van der Waals surface area contributed by atoms with Crippen LogP contribution < -0.4 is 4.72 Å². The second-order valence-corrected chi connectivity index (χ2v) is 9.48. The van der Waals surface area contributed by atoms with Crippen molar-refractivity contribution < 1.29 is 16.8 Å². The highest BCUT2D eigenvalue weighted by molar-refractivity contribution is 7.92. The number of nitrogens with zero attached hydrogens (tertiary/aromatic N) is 2. The molecular weight excluding hydrogens is 340 g/mol. The molecule has 8 nitrogen and oxygen atoms in total. The maximum absolute atomic E-state index is 12.6. The summed E-state index contributed by atoms with van der Waals surface area (Å²) in [6.07, 6.45) is 1.93. The lowest BCUT2D eigenvalue weighted by Gasteiger charge is -2.15. The summed E-state index contributed by atoms with van der Waals surface area (Å²) in [4.78, 5) is 6.93. The Morgan fingerprint density at radius 3 is 2.74 bits per heavy atom. The predicted octanol–water partition coefficient (Wildman–Crippen LogP) is 0.607. The van der Waals surface area contributed by atoms with Gasteiger partial charge in [-0.25, -0.2) is 26.5 Å². The van der Waals surface area contributed by atoms with E-state index in [-0.39, 0.29) is 30.0 Å². The average Bonchev–Trinajstić information content (AvgIpc) is 3.15. The molecule has 23 heavy (non-hydrogen) atoms. The second kappa shape index (κ2) is 6.71. The van der Waals surface area contributed by atoms with Gasteiger partial charge in [0.1, 0.15) is 5.82 Å². The van der Waals surface area contributed by atoms with Crippen LogP contribution in [-0.2, 0) is 20.0 Å². The minimum atomic E-state index is -3.63. The summed E-state index contributed by atoms with van der Waals surface area (Å²) in [7, 11) is -7.11. The van der Waals surface area contributed by atoms with Gasteiger partial charge in [0.25, 0.3) is 10.0 Å². The summed E-state index contributed by atoms with van der Waals surface area (Å²) in [5, 5.41) is 0.919. The summed E-state index contributed by atoms with van der Waals surface area (Å²) < 4.78 is 51.6. The molecule has 1 aromatic rings. The largest absolute Gasteiger partial charge is 0.332 e. The number of nitrogens with one attached hydrogen (secondary N) is 2. The molecule has 1 aliphatic heterocycles. The van der Waals surface area contributed by atoms with Crippen LogP contribution in [0.2, 0.25) is 0 Å². The molecule has 0 radical (unpaired) electrons. The zero-order chi connectivity index (χ0) is 17.3. The van der Waals surface area contributed by atoms with Gasteiger partial charge in [0.05, 0.1) is 6.20 Å². The standard InChI is InChI=1S/C13H22N4O4S2/c1-4-22(18,19)15-7-11-5-6-17(9-11)23(20,21)12-8-14-13(16-12)10(2)3/h4,8,10-11,15H,1,5-7,9H2,2-3H3,(H,14,16). The molecule has 130 valence electrons. The molecule has 1 unspecified atom stereocenters. The summed E-state index contributed by atoms with van der Waals surface area (Å²) >= 11 is 0. The fourth-order valence-corrected chi connectivity index (χ4v) is 4.39. The molecule has 1 saturated heterocycles. The van der Waals surface area contributed by atoms with E-state index in [1.807, 2.05) is 13.8 Å². The van der Waals surface area contributed by atoms with Crippen molar-refractivity contribution in [2.45, 2.75) is 31.2 Å². The van der Waals surface area contributed by atoms with Gasteiger partial charge in [-0.05, 0) is 12.3 Å². The zero-order valence-corrected chi connectivity index (χ0v) is 14.8. The first-order chi connectivity index (χ1) is 10.7. The lowest BCUT2D eigenvalue weighted by molar-refractivity contribution is 0.452. The Labute approximate surface area is 137 Å². The van der Waals surface area contributed by atoms with E-state index in [0.29, 0.717) is 18.8 Å². The van der Waals surface area contributed by atoms with Crippen molar-refractivity contribution in [3.8, 4) is 0 Å². The molecule has 0 aromatic carbocycles. The van der Waals surface area contributed by atoms with Gasteiger partial charge >= 0.3 is 0 Å². The maximum Gasteiger partial charge on any atom is 0.260 e. The minimum Gasteiger partial charge on any atom is -0.332 e. The molecule has 0 aliphatic carbocycles. The van der Waals surface area contributed by atoms with E-state index < -0.39 is 20.0 Å². The predicted molar refractivity (Wildman–Crippen MR) is 86.7 cm³/mol. The third-order valence-corrected chi connectivity index (χ3v) is 6.56. The van der Waals surface area contributed by atoms with Crippen molar-refractivity contribution in [1.82, 2.24) is 19.0 Å². The van der Waals surface area contributed by atoms with E-state index in [1.54, 1.807) is 0 Å². The second-order valence-electron chi connectivity index (χ2n) is 5.87. The molecule has 2 rings (SSSR count). The number of aromatic amines is 1. The highest BCUT2D eigenvalue weighted by atomic mass is 32.2. The molecule has 1 fully saturated rings.